The van der Waals surface area contributed by atoms with Gasteiger partial charge >= 0.3 is 0 Å². The smallest absolute Gasteiger partial charge is 0.252 e. The molecule has 1 amide bonds. The molecule has 0 radical (unpaired) electrons. The lowest BCUT2D eigenvalue weighted by atomic mass is 10.1. The summed E-state index contributed by atoms with van der Waals surface area (Å²) in [7, 11) is 0. The number of amides is 1. The van der Waals surface area contributed by atoms with Crippen LogP contribution in [0, 0.1) is 11.3 Å². The Bertz CT molecular complexity index is 976. The van der Waals surface area contributed by atoms with Gasteiger partial charge in [0.2, 0.25) is 0 Å². The van der Waals surface area contributed by atoms with Gasteiger partial charge in [0.25, 0.3) is 5.91 Å². The van der Waals surface area contributed by atoms with Gasteiger partial charge in [-0.1, -0.05) is 29.8 Å². The molecule has 2 aromatic heterocycles. The minimum Gasteiger partial charge on any atom is -0.382 e. The highest BCUT2D eigenvalue weighted by molar-refractivity contribution is 6.29. The van der Waals surface area contributed by atoms with Crippen molar-refractivity contribution in [2.45, 2.75) is 12.8 Å². The summed E-state index contributed by atoms with van der Waals surface area (Å²) in [5.74, 6) is 0.0870. The minimum atomic E-state index is -0.228. The Morgan fingerprint density at radius 1 is 1.26 bits per heavy atom. The maximum atomic E-state index is 12.0. The van der Waals surface area contributed by atoms with E-state index < -0.39 is 0 Å². The van der Waals surface area contributed by atoms with Gasteiger partial charge in [-0.25, -0.2) is 9.67 Å². The average molecular weight is 381 g/mol. The van der Waals surface area contributed by atoms with Crippen molar-refractivity contribution in [3.8, 4) is 11.8 Å². The molecule has 0 bridgehead atoms. The number of nitrogens with one attached hydrogen (secondary N) is 1. The van der Waals surface area contributed by atoms with Crippen molar-refractivity contribution in [1.82, 2.24) is 20.1 Å². The number of halogens is 1. The Morgan fingerprint density at radius 2 is 2.04 bits per heavy atom. The van der Waals surface area contributed by atoms with Gasteiger partial charge in [-0.15, -0.1) is 0 Å². The second-order valence-corrected chi connectivity index (χ2v) is 6.18. The Kier molecular flexibility index (Phi) is 5.69. The maximum absolute atomic E-state index is 12.0. The number of nitrogen functional groups attached to an aromatic ring is 1. The number of hydrogen-bond donors (Lipinski definition) is 2. The predicted molar refractivity (Wildman–Crippen MR) is 103 cm³/mol. The molecule has 2 heterocycles. The number of carbonyl (C=O) groups excluding carboxylic acids is 1. The first-order chi connectivity index (χ1) is 13.1. The van der Waals surface area contributed by atoms with Gasteiger partial charge in [-0.05, 0) is 37.1 Å². The lowest BCUT2D eigenvalue weighted by molar-refractivity contribution is 0.0953. The number of rotatable bonds is 6. The van der Waals surface area contributed by atoms with Crippen molar-refractivity contribution >= 4 is 23.3 Å². The van der Waals surface area contributed by atoms with Crippen LogP contribution in [0.3, 0.4) is 0 Å². The van der Waals surface area contributed by atoms with E-state index >= 15 is 0 Å². The van der Waals surface area contributed by atoms with E-state index in [1.807, 2.05) is 30.3 Å². The highest BCUT2D eigenvalue weighted by Gasteiger charge is 2.16. The van der Waals surface area contributed by atoms with Crippen LogP contribution < -0.4 is 11.1 Å². The van der Waals surface area contributed by atoms with Crippen molar-refractivity contribution in [3.63, 3.8) is 0 Å². The van der Waals surface area contributed by atoms with Crippen LogP contribution in [-0.4, -0.2) is 27.2 Å². The topological polar surface area (TPSA) is 110 Å². The zero-order valence-electron chi connectivity index (χ0n) is 14.4. The fraction of sp³-hybridized carbons (Fsp3) is 0.158. The Balaban J connectivity index is 1.62. The first-order valence-electron chi connectivity index (χ1n) is 8.33. The van der Waals surface area contributed by atoms with Crippen LogP contribution in [0.5, 0.6) is 0 Å². The lowest BCUT2D eigenvalue weighted by Gasteiger charge is -2.04. The van der Waals surface area contributed by atoms with Crippen LogP contribution in [0.15, 0.2) is 48.7 Å². The number of hydrogen-bond acceptors (Lipinski definition) is 5. The number of nitrogens with zero attached hydrogens (tertiary/aromatic N) is 4. The molecule has 7 nitrogen and oxygen atoms in total. The number of benzene rings is 1. The third-order valence-corrected chi connectivity index (χ3v) is 4.20. The summed E-state index contributed by atoms with van der Waals surface area (Å²) in [4.78, 5) is 15.9. The standard InChI is InChI=1S/C19H17ClN6O/c20-17-9-8-13(12-24-17)19(27)23-10-4-7-16-15(11-21)18(22)26(25-16)14-5-2-1-3-6-14/h1-3,5-6,8-9,12H,4,7,10,22H2,(H,23,27). The fourth-order valence-electron chi connectivity index (χ4n) is 2.61. The number of anilines is 1. The number of nitriles is 1. The first-order valence-corrected chi connectivity index (χ1v) is 8.70. The van der Waals surface area contributed by atoms with E-state index in [9.17, 15) is 10.1 Å². The van der Waals surface area contributed by atoms with Gasteiger partial charge in [0.05, 0.1) is 16.9 Å². The molecule has 136 valence electrons. The third-order valence-electron chi connectivity index (χ3n) is 3.97. The zero-order valence-corrected chi connectivity index (χ0v) is 15.1. The molecule has 0 aliphatic heterocycles. The zero-order chi connectivity index (χ0) is 19.2. The van der Waals surface area contributed by atoms with Gasteiger partial charge in [0.15, 0.2) is 0 Å². The van der Waals surface area contributed by atoms with Crippen LogP contribution >= 0.6 is 11.6 Å². The molecule has 0 aliphatic carbocycles. The molecule has 8 heteroatoms. The van der Waals surface area contributed by atoms with Gasteiger partial charge in [-0.2, -0.15) is 10.4 Å². The second-order valence-electron chi connectivity index (χ2n) is 5.80. The summed E-state index contributed by atoms with van der Waals surface area (Å²) in [5, 5.41) is 17.0. The van der Waals surface area contributed by atoms with Crippen LogP contribution in [0.25, 0.3) is 5.69 Å². The van der Waals surface area contributed by atoms with E-state index in [0.29, 0.717) is 47.2 Å². The maximum Gasteiger partial charge on any atom is 0.252 e. The van der Waals surface area contributed by atoms with Crippen LogP contribution in [-0.2, 0) is 6.42 Å². The predicted octanol–water partition coefficient (Wildman–Crippen LogP) is 2.74. The number of pyridine rings is 1. The molecule has 0 fully saturated rings. The quantitative estimate of drug-likeness (QED) is 0.504. The summed E-state index contributed by atoms with van der Waals surface area (Å²) in [5.41, 5.74) is 8.29. The van der Waals surface area contributed by atoms with Crippen LogP contribution in [0.1, 0.15) is 28.0 Å². The SMILES string of the molecule is N#Cc1c(CCCNC(=O)c2ccc(Cl)nc2)nn(-c2ccccc2)c1N. The number of carbonyl (C=O) groups is 1. The minimum absolute atomic E-state index is 0.228. The Labute approximate surface area is 161 Å². The van der Waals surface area contributed by atoms with Crippen molar-refractivity contribution < 1.29 is 4.79 Å². The molecular weight excluding hydrogens is 364 g/mol. The van der Waals surface area contributed by atoms with Crippen molar-refractivity contribution in [2.75, 3.05) is 12.3 Å². The fourth-order valence-corrected chi connectivity index (χ4v) is 2.72. The summed E-state index contributed by atoms with van der Waals surface area (Å²) >= 11 is 5.71. The molecule has 0 spiro atoms. The van der Waals surface area contributed by atoms with Crippen LogP contribution in [0.2, 0.25) is 5.15 Å². The molecule has 0 saturated carbocycles. The largest absolute Gasteiger partial charge is 0.382 e. The summed E-state index contributed by atoms with van der Waals surface area (Å²) in [6, 6.07) is 14.7. The number of aryl methyl sites for hydroxylation is 1. The van der Waals surface area contributed by atoms with Gasteiger partial charge in [-0.3, -0.25) is 4.79 Å². The monoisotopic (exact) mass is 380 g/mol. The molecular formula is C19H17ClN6O. The van der Waals surface area contributed by atoms with E-state index in [0.717, 1.165) is 5.69 Å². The molecule has 0 atom stereocenters. The molecule has 3 aromatic rings. The number of para-hydroxylation sites is 1. The summed E-state index contributed by atoms with van der Waals surface area (Å²) in [6.07, 6.45) is 2.56. The van der Waals surface area contributed by atoms with Gasteiger partial charge in [0, 0.05) is 12.7 Å². The Morgan fingerprint density at radius 3 is 2.70 bits per heavy atom. The van der Waals surface area contributed by atoms with Gasteiger partial charge in [0.1, 0.15) is 22.6 Å². The second kappa shape index (κ2) is 8.34. The van der Waals surface area contributed by atoms with E-state index in [1.54, 1.807) is 16.8 Å². The van der Waals surface area contributed by atoms with Gasteiger partial charge < -0.3 is 11.1 Å². The van der Waals surface area contributed by atoms with E-state index in [4.69, 9.17) is 17.3 Å². The molecule has 1 aromatic carbocycles. The molecule has 3 N–H and O–H groups in total. The molecule has 0 saturated heterocycles. The molecule has 0 unspecified atom stereocenters. The van der Waals surface area contributed by atoms with E-state index in [1.165, 1.54) is 6.20 Å². The molecule has 27 heavy (non-hydrogen) atoms. The Hall–Kier alpha value is -3.37. The third kappa shape index (κ3) is 4.25. The summed E-state index contributed by atoms with van der Waals surface area (Å²) in [6.45, 7) is 0.435. The lowest BCUT2D eigenvalue weighted by Crippen LogP contribution is -2.24. The number of aromatic nitrogens is 3. The molecule has 0 aliphatic rings. The van der Waals surface area contributed by atoms with Crippen molar-refractivity contribution in [3.05, 3.63) is 70.6 Å². The highest BCUT2D eigenvalue weighted by Crippen LogP contribution is 2.21. The summed E-state index contributed by atoms with van der Waals surface area (Å²) < 4.78 is 1.56. The van der Waals surface area contributed by atoms with E-state index in [2.05, 4.69) is 21.5 Å². The number of nitrogens with two attached hydrogens (primary N) is 1. The average Bonchev–Trinajstić information content (AvgIpc) is 3.01. The van der Waals surface area contributed by atoms with Crippen LogP contribution in [0.4, 0.5) is 5.82 Å². The van der Waals surface area contributed by atoms with E-state index in [-0.39, 0.29) is 5.91 Å². The van der Waals surface area contributed by atoms with Crippen molar-refractivity contribution in [2.24, 2.45) is 0 Å². The highest BCUT2D eigenvalue weighted by atomic mass is 35.5. The molecule has 3 rings (SSSR count). The first kappa shape index (κ1) is 18.4. The van der Waals surface area contributed by atoms with Crippen molar-refractivity contribution in [1.29, 1.82) is 5.26 Å². The normalized spacial score (nSPS) is 10.4.